The quantitative estimate of drug-likeness (QED) is 0.793. The van der Waals surface area contributed by atoms with Gasteiger partial charge in [-0.25, -0.2) is 0 Å². The smallest absolute Gasteiger partial charge is 0.222 e. The summed E-state index contributed by atoms with van der Waals surface area (Å²) in [6.45, 7) is 3.80. The number of hydrogen-bond acceptors (Lipinski definition) is 4. The van der Waals surface area contributed by atoms with Crippen LogP contribution in [0.15, 0.2) is 24.3 Å². The zero-order valence-corrected chi connectivity index (χ0v) is 11.7. The molecule has 5 heteroatoms. The van der Waals surface area contributed by atoms with Gasteiger partial charge in [0.2, 0.25) is 5.91 Å². The van der Waals surface area contributed by atoms with Crippen LogP contribution in [-0.2, 0) is 16.1 Å². The highest BCUT2D eigenvalue weighted by atomic mass is 16.5. The molecule has 110 valence electrons. The van der Waals surface area contributed by atoms with E-state index in [9.17, 15) is 4.79 Å². The van der Waals surface area contributed by atoms with Crippen LogP contribution < -0.4 is 10.5 Å². The maximum absolute atomic E-state index is 11.9. The van der Waals surface area contributed by atoms with Gasteiger partial charge in [-0.2, -0.15) is 0 Å². The Hall–Kier alpha value is -1.59. The van der Waals surface area contributed by atoms with Crippen LogP contribution in [0.2, 0.25) is 0 Å². The molecule has 0 aromatic heterocycles. The van der Waals surface area contributed by atoms with Crippen molar-refractivity contribution in [2.45, 2.75) is 19.4 Å². The Morgan fingerprint density at radius 2 is 1.95 bits per heavy atom. The van der Waals surface area contributed by atoms with Gasteiger partial charge in [0.15, 0.2) is 0 Å². The van der Waals surface area contributed by atoms with Gasteiger partial charge in [-0.1, -0.05) is 12.1 Å². The molecular formula is C15H22N2O3. The third-order valence-corrected chi connectivity index (χ3v) is 3.33. The number of morpholine rings is 1. The van der Waals surface area contributed by atoms with Crippen molar-refractivity contribution < 1.29 is 14.3 Å². The SMILES string of the molecule is NCc1ccc(OCCCC(=O)N2CCOCC2)cc1. The maximum Gasteiger partial charge on any atom is 0.222 e. The van der Waals surface area contributed by atoms with E-state index in [2.05, 4.69) is 0 Å². The Balaban J connectivity index is 1.64. The number of ether oxygens (including phenoxy) is 2. The van der Waals surface area contributed by atoms with Crippen LogP contribution in [0.5, 0.6) is 5.75 Å². The topological polar surface area (TPSA) is 64.8 Å². The first-order chi connectivity index (χ1) is 9.79. The number of amides is 1. The molecule has 0 unspecified atom stereocenters. The fourth-order valence-electron chi connectivity index (χ4n) is 2.11. The number of benzene rings is 1. The summed E-state index contributed by atoms with van der Waals surface area (Å²) in [5.74, 6) is 1.01. The monoisotopic (exact) mass is 278 g/mol. The highest BCUT2D eigenvalue weighted by Crippen LogP contribution is 2.12. The highest BCUT2D eigenvalue weighted by molar-refractivity contribution is 5.76. The second-order valence-corrected chi connectivity index (χ2v) is 4.79. The molecule has 0 saturated carbocycles. The van der Waals surface area contributed by atoms with E-state index >= 15 is 0 Å². The fraction of sp³-hybridized carbons (Fsp3) is 0.533. The van der Waals surface area contributed by atoms with Gasteiger partial charge in [-0.3, -0.25) is 4.79 Å². The number of nitrogens with two attached hydrogens (primary N) is 1. The molecule has 1 amide bonds. The standard InChI is InChI=1S/C15H22N2O3/c16-12-13-3-5-14(6-4-13)20-9-1-2-15(18)17-7-10-19-11-8-17/h3-6H,1-2,7-12,16H2. The van der Waals surface area contributed by atoms with Crippen LogP contribution in [0.4, 0.5) is 0 Å². The number of nitrogens with zero attached hydrogens (tertiary/aromatic N) is 1. The minimum Gasteiger partial charge on any atom is -0.494 e. The summed E-state index contributed by atoms with van der Waals surface area (Å²) >= 11 is 0. The lowest BCUT2D eigenvalue weighted by Crippen LogP contribution is -2.40. The second kappa shape index (κ2) is 7.87. The van der Waals surface area contributed by atoms with E-state index in [1.807, 2.05) is 29.2 Å². The van der Waals surface area contributed by atoms with Gasteiger partial charge in [0.25, 0.3) is 0 Å². The van der Waals surface area contributed by atoms with E-state index in [0.29, 0.717) is 45.9 Å². The number of hydrogen-bond donors (Lipinski definition) is 1. The van der Waals surface area contributed by atoms with E-state index < -0.39 is 0 Å². The molecule has 2 N–H and O–H groups in total. The average molecular weight is 278 g/mol. The van der Waals surface area contributed by atoms with Gasteiger partial charge in [0.1, 0.15) is 5.75 Å². The van der Waals surface area contributed by atoms with Crippen LogP contribution in [0.3, 0.4) is 0 Å². The minimum absolute atomic E-state index is 0.190. The van der Waals surface area contributed by atoms with Crippen molar-refractivity contribution in [3.05, 3.63) is 29.8 Å². The number of carbonyl (C=O) groups excluding carboxylic acids is 1. The predicted octanol–water partition coefficient (Wildman–Crippen LogP) is 1.16. The summed E-state index contributed by atoms with van der Waals surface area (Å²) in [5, 5.41) is 0. The lowest BCUT2D eigenvalue weighted by atomic mass is 10.2. The molecule has 1 aliphatic heterocycles. The minimum atomic E-state index is 0.190. The van der Waals surface area contributed by atoms with E-state index in [0.717, 1.165) is 17.7 Å². The molecule has 1 heterocycles. The summed E-state index contributed by atoms with van der Waals surface area (Å²) in [5.41, 5.74) is 6.62. The van der Waals surface area contributed by atoms with Crippen molar-refractivity contribution in [3.63, 3.8) is 0 Å². The molecule has 1 saturated heterocycles. The molecule has 1 aromatic carbocycles. The zero-order chi connectivity index (χ0) is 14.2. The Bertz CT molecular complexity index is 414. The fourth-order valence-corrected chi connectivity index (χ4v) is 2.11. The molecule has 5 nitrogen and oxygen atoms in total. The number of carbonyl (C=O) groups is 1. The third kappa shape index (κ3) is 4.51. The van der Waals surface area contributed by atoms with Gasteiger partial charge >= 0.3 is 0 Å². The molecule has 1 aromatic rings. The van der Waals surface area contributed by atoms with Crippen molar-refractivity contribution in [2.24, 2.45) is 5.73 Å². The van der Waals surface area contributed by atoms with E-state index in [1.165, 1.54) is 0 Å². The molecule has 0 aliphatic carbocycles. The van der Waals surface area contributed by atoms with Gasteiger partial charge in [0.05, 0.1) is 19.8 Å². The first kappa shape index (κ1) is 14.8. The molecule has 20 heavy (non-hydrogen) atoms. The molecular weight excluding hydrogens is 256 g/mol. The third-order valence-electron chi connectivity index (χ3n) is 3.33. The van der Waals surface area contributed by atoms with Crippen LogP contribution in [0.25, 0.3) is 0 Å². The molecule has 0 radical (unpaired) electrons. The van der Waals surface area contributed by atoms with E-state index in [-0.39, 0.29) is 5.91 Å². The van der Waals surface area contributed by atoms with Crippen LogP contribution >= 0.6 is 0 Å². The van der Waals surface area contributed by atoms with Gasteiger partial charge < -0.3 is 20.1 Å². The first-order valence-corrected chi connectivity index (χ1v) is 7.07. The average Bonchev–Trinajstić information content (AvgIpc) is 2.53. The molecule has 0 spiro atoms. The zero-order valence-electron chi connectivity index (χ0n) is 11.7. The van der Waals surface area contributed by atoms with Crippen molar-refractivity contribution in [3.8, 4) is 5.75 Å². The van der Waals surface area contributed by atoms with Crippen LogP contribution in [0.1, 0.15) is 18.4 Å². The Labute approximate surface area is 119 Å². The van der Waals surface area contributed by atoms with Crippen LogP contribution in [-0.4, -0.2) is 43.7 Å². The normalized spacial score (nSPS) is 15.2. The lowest BCUT2D eigenvalue weighted by molar-refractivity contribution is -0.135. The molecule has 2 rings (SSSR count). The largest absolute Gasteiger partial charge is 0.494 e. The summed E-state index contributed by atoms with van der Waals surface area (Å²) in [6, 6.07) is 7.72. The van der Waals surface area contributed by atoms with Crippen LogP contribution in [0, 0.1) is 0 Å². The Kier molecular flexibility index (Phi) is 5.83. The molecule has 1 fully saturated rings. The maximum atomic E-state index is 11.9. The van der Waals surface area contributed by atoms with Gasteiger partial charge in [-0.05, 0) is 24.1 Å². The molecule has 1 aliphatic rings. The summed E-state index contributed by atoms with van der Waals surface area (Å²) in [7, 11) is 0. The second-order valence-electron chi connectivity index (χ2n) is 4.79. The Morgan fingerprint density at radius 3 is 2.60 bits per heavy atom. The van der Waals surface area contributed by atoms with E-state index in [1.54, 1.807) is 0 Å². The Morgan fingerprint density at radius 1 is 1.25 bits per heavy atom. The lowest BCUT2D eigenvalue weighted by Gasteiger charge is -2.26. The van der Waals surface area contributed by atoms with Gasteiger partial charge in [-0.15, -0.1) is 0 Å². The highest BCUT2D eigenvalue weighted by Gasteiger charge is 2.15. The van der Waals surface area contributed by atoms with Crippen molar-refractivity contribution >= 4 is 5.91 Å². The number of rotatable bonds is 6. The summed E-state index contributed by atoms with van der Waals surface area (Å²) in [4.78, 5) is 13.8. The molecule has 0 atom stereocenters. The van der Waals surface area contributed by atoms with E-state index in [4.69, 9.17) is 15.2 Å². The van der Waals surface area contributed by atoms with Gasteiger partial charge in [0, 0.05) is 26.1 Å². The predicted molar refractivity (Wildman–Crippen MR) is 76.5 cm³/mol. The summed E-state index contributed by atoms with van der Waals surface area (Å²) in [6.07, 6.45) is 1.26. The molecule has 0 bridgehead atoms. The van der Waals surface area contributed by atoms with Crippen molar-refractivity contribution in [2.75, 3.05) is 32.9 Å². The first-order valence-electron chi connectivity index (χ1n) is 7.07. The van der Waals surface area contributed by atoms with Crippen molar-refractivity contribution in [1.82, 2.24) is 4.90 Å². The summed E-state index contributed by atoms with van der Waals surface area (Å²) < 4.78 is 10.8. The van der Waals surface area contributed by atoms with Crippen molar-refractivity contribution in [1.29, 1.82) is 0 Å².